The molecule has 0 saturated carbocycles. The third-order valence-electron chi connectivity index (χ3n) is 4.74. The molecular formula is C20H23NO2. The maximum Gasteiger partial charge on any atom is 0.237 e. The van der Waals surface area contributed by atoms with Crippen molar-refractivity contribution in [3.05, 3.63) is 65.2 Å². The first-order valence-electron chi connectivity index (χ1n) is 8.13. The van der Waals surface area contributed by atoms with Gasteiger partial charge in [0.15, 0.2) is 0 Å². The first-order valence-corrected chi connectivity index (χ1v) is 8.13. The van der Waals surface area contributed by atoms with Crippen LogP contribution in [0.4, 0.5) is 5.69 Å². The highest BCUT2D eigenvalue weighted by molar-refractivity contribution is 6.07. The molecule has 120 valence electrons. The molecule has 0 aromatic heterocycles. The summed E-state index contributed by atoms with van der Waals surface area (Å²) in [4.78, 5) is 14.4. The van der Waals surface area contributed by atoms with Gasteiger partial charge in [-0.05, 0) is 43.5 Å². The number of hydrogen-bond acceptors (Lipinski definition) is 2. The van der Waals surface area contributed by atoms with Gasteiger partial charge in [-0.25, -0.2) is 0 Å². The molecule has 3 rings (SSSR count). The van der Waals surface area contributed by atoms with E-state index in [9.17, 15) is 9.90 Å². The van der Waals surface area contributed by atoms with Gasteiger partial charge in [-0.3, -0.25) is 4.79 Å². The van der Waals surface area contributed by atoms with E-state index >= 15 is 0 Å². The van der Waals surface area contributed by atoms with Gasteiger partial charge >= 0.3 is 0 Å². The van der Waals surface area contributed by atoms with Crippen LogP contribution in [0.15, 0.2) is 48.5 Å². The molecule has 1 amide bonds. The van der Waals surface area contributed by atoms with Crippen molar-refractivity contribution in [2.75, 3.05) is 11.4 Å². The zero-order valence-electron chi connectivity index (χ0n) is 13.9. The minimum Gasteiger partial charge on any atom is -0.388 e. The largest absolute Gasteiger partial charge is 0.388 e. The molecule has 1 heterocycles. The van der Waals surface area contributed by atoms with Crippen molar-refractivity contribution in [2.24, 2.45) is 0 Å². The second-order valence-electron chi connectivity index (χ2n) is 6.66. The Balaban J connectivity index is 1.92. The summed E-state index contributed by atoms with van der Waals surface area (Å²) in [7, 11) is 0. The Kier molecular flexibility index (Phi) is 3.99. The molecule has 0 saturated heterocycles. The minimum atomic E-state index is -0.565. The lowest BCUT2D eigenvalue weighted by atomic mass is 9.84. The monoisotopic (exact) mass is 309 g/mol. The SMILES string of the molecule is CCN1C(=O)C(C)(C)c2cc(C(O)Cc3ccccc3)ccc21. The highest BCUT2D eigenvalue weighted by Gasteiger charge is 2.43. The van der Waals surface area contributed by atoms with Crippen molar-refractivity contribution < 1.29 is 9.90 Å². The molecule has 1 aliphatic heterocycles. The average Bonchev–Trinajstić information content (AvgIpc) is 2.74. The normalized spacial score (nSPS) is 17.2. The predicted molar refractivity (Wildman–Crippen MR) is 92.6 cm³/mol. The van der Waals surface area contributed by atoms with Crippen molar-refractivity contribution in [1.82, 2.24) is 0 Å². The van der Waals surface area contributed by atoms with E-state index in [1.54, 1.807) is 0 Å². The second kappa shape index (κ2) is 5.82. The molecule has 2 aromatic rings. The van der Waals surface area contributed by atoms with Gasteiger partial charge in [0.1, 0.15) is 0 Å². The predicted octanol–water partition coefficient (Wildman–Crippen LogP) is 3.61. The number of amides is 1. The van der Waals surface area contributed by atoms with Crippen LogP contribution in [0.3, 0.4) is 0 Å². The second-order valence-corrected chi connectivity index (χ2v) is 6.66. The molecule has 0 fully saturated rings. The van der Waals surface area contributed by atoms with Crippen molar-refractivity contribution in [1.29, 1.82) is 0 Å². The highest BCUT2D eigenvalue weighted by Crippen LogP contribution is 2.42. The van der Waals surface area contributed by atoms with Crippen LogP contribution >= 0.6 is 0 Å². The van der Waals surface area contributed by atoms with Crippen LogP contribution < -0.4 is 4.90 Å². The number of carbonyl (C=O) groups excluding carboxylic acids is 1. The van der Waals surface area contributed by atoms with Gasteiger partial charge in [0.05, 0.1) is 11.5 Å². The zero-order chi connectivity index (χ0) is 16.6. The number of likely N-dealkylation sites (N-methyl/N-ethyl adjacent to an activating group) is 1. The van der Waals surface area contributed by atoms with Gasteiger partial charge in [0.25, 0.3) is 0 Å². The number of fused-ring (bicyclic) bond motifs is 1. The molecule has 0 spiro atoms. The van der Waals surface area contributed by atoms with E-state index in [0.29, 0.717) is 13.0 Å². The fraction of sp³-hybridized carbons (Fsp3) is 0.350. The van der Waals surface area contributed by atoms with Gasteiger partial charge in [0.2, 0.25) is 5.91 Å². The van der Waals surface area contributed by atoms with Gasteiger partial charge < -0.3 is 10.0 Å². The maximum atomic E-state index is 12.6. The number of aliphatic hydroxyl groups excluding tert-OH is 1. The van der Waals surface area contributed by atoms with Gasteiger partial charge in [-0.2, -0.15) is 0 Å². The summed E-state index contributed by atoms with van der Waals surface area (Å²) in [5.41, 5.74) is 3.41. The molecule has 1 atom stereocenters. The summed E-state index contributed by atoms with van der Waals surface area (Å²) in [5.74, 6) is 0.129. The molecule has 23 heavy (non-hydrogen) atoms. The topological polar surface area (TPSA) is 40.5 Å². The summed E-state index contributed by atoms with van der Waals surface area (Å²) in [5, 5.41) is 10.6. The van der Waals surface area contributed by atoms with E-state index in [1.165, 1.54) is 0 Å². The average molecular weight is 309 g/mol. The number of anilines is 1. The summed E-state index contributed by atoms with van der Waals surface area (Å²) < 4.78 is 0. The fourth-order valence-corrected chi connectivity index (χ4v) is 3.33. The smallest absolute Gasteiger partial charge is 0.237 e. The van der Waals surface area contributed by atoms with Crippen molar-refractivity contribution in [2.45, 2.75) is 38.7 Å². The van der Waals surface area contributed by atoms with Crippen molar-refractivity contribution in [3.8, 4) is 0 Å². The standard InChI is InChI=1S/C20H23NO2/c1-4-21-17-11-10-15(13-16(17)20(2,3)19(21)23)18(22)12-14-8-6-5-7-9-14/h5-11,13,18,22H,4,12H2,1-3H3. The highest BCUT2D eigenvalue weighted by atomic mass is 16.3. The summed E-state index contributed by atoms with van der Waals surface area (Å²) in [6.45, 7) is 6.57. The Hall–Kier alpha value is -2.13. The third kappa shape index (κ3) is 2.66. The van der Waals surface area contributed by atoms with E-state index in [1.807, 2.05) is 74.2 Å². The van der Waals surface area contributed by atoms with Crippen LogP contribution in [0.5, 0.6) is 0 Å². The van der Waals surface area contributed by atoms with Gasteiger partial charge in [-0.1, -0.05) is 42.5 Å². The first kappa shape index (κ1) is 15.8. The fourth-order valence-electron chi connectivity index (χ4n) is 3.33. The molecule has 3 heteroatoms. The van der Waals surface area contributed by atoms with E-state index in [2.05, 4.69) is 0 Å². The Morgan fingerprint density at radius 2 is 1.83 bits per heavy atom. The molecule has 1 unspecified atom stereocenters. The van der Waals surface area contributed by atoms with Crippen molar-refractivity contribution >= 4 is 11.6 Å². The molecule has 1 aliphatic rings. The third-order valence-corrected chi connectivity index (χ3v) is 4.74. The van der Waals surface area contributed by atoms with Crippen LogP contribution in [-0.2, 0) is 16.6 Å². The Morgan fingerprint density at radius 3 is 2.48 bits per heavy atom. The number of carbonyl (C=O) groups is 1. The number of aliphatic hydroxyl groups is 1. The first-order chi connectivity index (χ1) is 10.9. The van der Waals surface area contributed by atoms with Crippen LogP contribution in [-0.4, -0.2) is 17.6 Å². The summed E-state index contributed by atoms with van der Waals surface area (Å²) in [6.07, 6.45) is 0.00941. The summed E-state index contributed by atoms with van der Waals surface area (Å²) in [6, 6.07) is 15.9. The Morgan fingerprint density at radius 1 is 1.13 bits per heavy atom. The van der Waals surface area contributed by atoms with E-state index in [0.717, 1.165) is 22.4 Å². The summed E-state index contributed by atoms with van der Waals surface area (Å²) >= 11 is 0. The number of benzene rings is 2. The number of nitrogens with zero attached hydrogens (tertiary/aromatic N) is 1. The van der Waals surface area contributed by atoms with Crippen LogP contribution in [0.2, 0.25) is 0 Å². The van der Waals surface area contributed by atoms with Gasteiger partial charge in [-0.15, -0.1) is 0 Å². The lowest BCUT2D eigenvalue weighted by Crippen LogP contribution is -2.35. The lowest BCUT2D eigenvalue weighted by molar-refractivity contribution is -0.122. The van der Waals surface area contributed by atoms with Crippen LogP contribution in [0.25, 0.3) is 0 Å². The Labute approximate surface area is 137 Å². The van der Waals surface area contributed by atoms with E-state index in [-0.39, 0.29) is 5.91 Å². The molecule has 0 bridgehead atoms. The maximum absolute atomic E-state index is 12.6. The van der Waals surface area contributed by atoms with E-state index < -0.39 is 11.5 Å². The molecular weight excluding hydrogens is 286 g/mol. The molecule has 2 aromatic carbocycles. The molecule has 0 aliphatic carbocycles. The Bertz CT molecular complexity index is 722. The number of hydrogen-bond donors (Lipinski definition) is 1. The molecule has 0 radical (unpaired) electrons. The quantitative estimate of drug-likeness (QED) is 0.937. The van der Waals surface area contributed by atoms with Crippen LogP contribution in [0.1, 0.15) is 43.6 Å². The van der Waals surface area contributed by atoms with Crippen LogP contribution in [0, 0.1) is 0 Å². The minimum absolute atomic E-state index is 0.129. The number of rotatable bonds is 4. The van der Waals surface area contributed by atoms with E-state index in [4.69, 9.17) is 0 Å². The molecule has 3 nitrogen and oxygen atoms in total. The van der Waals surface area contributed by atoms with Crippen molar-refractivity contribution in [3.63, 3.8) is 0 Å². The zero-order valence-corrected chi connectivity index (χ0v) is 13.9. The molecule has 1 N–H and O–H groups in total. The van der Waals surface area contributed by atoms with Gasteiger partial charge in [0, 0.05) is 18.7 Å². The lowest BCUT2D eigenvalue weighted by Gasteiger charge is -2.18.